The molecule has 0 aliphatic heterocycles. The van der Waals surface area contributed by atoms with Gasteiger partial charge in [0.1, 0.15) is 5.82 Å². The van der Waals surface area contributed by atoms with Crippen LogP contribution < -0.4 is 5.73 Å². The summed E-state index contributed by atoms with van der Waals surface area (Å²) in [5, 5.41) is 0. The molecule has 0 unspecified atom stereocenters. The lowest BCUT2D eigenvalue weighted by Gasteiger charge is -2.16. The molecule has 0 saturated heterocycles. The third-order valence-corrected chi connectivity index (χ3v) is 3.45. The van der Waals surface area contributed by atoms with Crippen LogP contribution in [-0.2, 0) is 6.42 Å². The Hall–Kier alpha value is -0.830. The Morgan fingerprint density at radius 1 is 1.44 bits per heavy atom. The number of aryl methyl sites for hydroxylation is 1. The fourth-order valence-electron chi connectivity index (χ4n) is 2.39. The Kier molecular flexibility index (Phi) is 3.33. The molecule has 1 fully saturated rings. The van der Waals surface area contributed by atoms with E-state index in [4.69, 9.17) is 5.73 Å². The largest absolute Gasteiger partial charge is 0.346 e. The van der Waals surface area contributed by atoms with Gasteiger partial charge < -0.3 is 10.7 Å². The van der Waals surface area contributed by atoms with Gasteiger partial charge in [-0.3, -0.25) is 0 Å². The van der Waals surface area contributed by atoms with Crippen LogP contribution in [0, 0.1) is 0 Å². The first kappa shape index (κ1) is 11.6. The van der Waals surface area contributed by atoms with Crippen molar-refractivity contribution in [1.29, 1.82) is 0 Å². The molecule has 3 nitrogen and oxygen atoms in total. The van der Waals surface area contributed by atoms with Crippen molar-refractivity contribution >= 4 is 0 Å². The highest BCUT2D eigenvalue weighted by molar-refractivity contribution is 5.09. The maximum absolute atomic E-state index is 5.97. The second-order valence-electron chi connectivity index (χ2n) is 5.76. The molecule has 1 aromatic rings. The summed E-state index contributed by atoms with van der Waals surface area (Å²) in [6.45, 7) is 4.13. The van der Waals surface area contributed by atoms with E-state index in [1.54, 1.807) is 0 Å². The van der Waals surface area contributed by atoms with E-state index in [9.17, 15) is 0 Å². The number of rotatable bonds is 4. The number of nitrogens with one attached hydrogen (secondary N) is 1. The maximum Gasteiger partial charge on any atom is 0.106 e. The summed E-state index contributed by atoms with van der Waals surface area (Å²) in [5.41, 5.74) is 7.21. The number of H-pyrrole nitrogens is 1. The number of aromatic amines is 1. The topological polar surface area (TPSA) is 54.7 Å². The molecule has 2 rings (SSSR count). The van der Waals surface area contributed by atoms with Crippen LogP contribution in [0.5, 0.6) is 0 Å². The van der Waals surface area contributed by atoms with Crippen molar-refractivity contribution < 1.29 is 0 Å². The lowest BCUT2D eigenvalue weighted by atomic mass is 10.00. The van der Waals surface area contributed by atoms with Crippen LogP contribution in [0.2, 0.25) is 0 Å². The average molecular weight is 221 g/mol. The Bertz CT molecular complexity index is 329. The van der Waals surface area contributed by atoms with Crippen molar-refractivity contribution in [2.45, 2.75) is 63.8 Å². The van der Waals surface area contributed by atoms with Gasteiger partial charge in [0.25, 0.3) is 0 Å². The van der Waals surface area contributed by atoms with Gasteiger partial charge in [0.15, 0.2) is 0 Å². The minimum atomic E-state index is -0.0969. The van der Waals surface area contributed by atoms with Crippen LogP contribution in [0.3, 0.4) is 0 Å². The van der Waals surface area contributed by atoms with Crippen molar-refractivity contribution in [3.63, 3.8) is 0 Å². The number of hydrogen-bond acceptors (Lipinski definition) is 2. The second kappa shape index (κ2) is 4.58. The average Bonchev–Trinajstić information content (AvgIpc) is 2.84. The van der Waals surface area contributed by atoms with E-state index in [0.717, 1.165) is 24.6 Å². The fourth-order valence-corrected chi connectivity index (χ4v) is 2.39. The molecule has 1 aromatic heterocycles. The highest BCUT2D eigenvalue weighted by Crippen LogP contribution is 2.32. The van der Waals surface area contributed by atoms with Crippen LogP contribution >= 0.6 is 0 Å². The summed E-state index contributed by atoms with van der Waals surface area (Å²) in [4.78, 5) is 7.91. The Morgan fingerprint density at radius 3 is 2.75 bits per heavy atom. The van der Waals surface area contributed by atoms with Gasteiger partial charge in [-0.1, -0.05) is 12.8 Å². The summed E-state index contributed by atoms with van der Waals surface area (Å²) in [5.74, 6) is 1.83. The molecule has 3 heteroatoms. The Morgan fingerprint density at radius 2 is 2.12 bits per heavy atom. The monoisotopic (exact) mass is 221 g/mol. The minimum absolute atomic E-state index is 0.0969. The summed E-state index contributed by atoms with van der Waals surface area (Å²) in [7, 11) is 0. The van der Waals surface area contributed by atoms with E-state index in [1.165, 1.54) is 31.4 Å². The lowest BCUT2D eigenvalue weighted by molar-refractivity contribution is 0.471. The van der Waals surface area contributed by atoms with Crippen molar-refractivity contribution in [3.05, 3.63) is 17.7 Å². The van der Waals surface area contributed by atoms with Gasteiger partial charge in [0.2, 0.25) is 0 Å². The third-order valence-electron chi connectivity index (χ3n) is 3.45. The molecule has 0 atom stereocenters. The number of nitrogens with zero attached hydrogens (tertiary/aromatic N) is 1. The Balaban J connectivity index is 1.91. The molecule has 1 saturated carbocycles. The zero-order valence-corrected chi connectivity index (χ0v) is 10.4. The molecular formula is C13H23N3. The number of nitrogens with two attached hydrogens (primary N) is 1. The fraction of sp³-hybridized carbons (Fsp3) is 0.769. The quantitative estimate of drug-likeness (QED) is 0.821. The van der Waals surface area contributed by atoms with Gasteiger partial charge >= 0.3 is 0 Å². The van der Waals surface area contributed by atoms with Gasteiger partial charge in [-0.15, -0.1) is 0 Å². The molecule has 0 spiro atoms. The zero-order valence-electron chi connectivity index (χ0n) is 10.4. The van der Waals surface area contributed by atoms with Gasteiger partial charge in [0.05, 0.1) is 0 Å². The molecule has 16 heavy (non-hydrogen) atoms. The standard InChI is InChI=1S/C13H23N3/c1-13(2,14)8-7-12-15-9-11(16-12)10-5-3-4-6-10/h9-10H,3-8,14H2,1-2H3,(H,15,16). The predicted octanol–water partition coefficient (Wildman–Crippen LogP) is 2.74. The van der Waals surface area contributed by atoms with E-state index >= 15 is 0 Å². The summed E-state index contributed by atoms with van der Waals surface area (Å²) in [6, 6.07) is 0. The van der Waals surface area contributed by atoms with Crippen LogP contribution in [0.15, 0.2) is 6.20 Å². The van der Waals surface area contributed by atoms with Gasteiger partial charge in [0, 0.05) is 29.8 Å². The normalized spacial score (nSPS) is 18.2. The van der Waals surface area contributed by atoms with E-state index in [2.05, 4.69) is 23.8 Å². The molecule has 1 aliphatic carbocycles. The van der Waals surface area contributed by atoms with Gasteiger partial charge in [-0.2, -0.15) is 0 Å². The van der Waals surface area contributed by atoms with Crippen molar-refractivity contribution in [1.82, 2.24) is 9.97 Å². The van der Waals surface area contributed by atoms with Crippen LogP contribution in [0.1, 0.15) is 63.4 Å². The molecule has 0 aromatic carbocycles. The van der Waals surface area contributed by atoms with E-state index < -0.39 is 0 Å². The molecule has 0 amide bonds. The maximum atomic E-state index is 5.97. The van der Waals surface area contributed by atoms with Gasteiger partial charge in [-0.25, -0.2) is 4.98 Å². The van der Waals surface area contributed by atoms with E-state index in [1.807, 2.05) is 6.20 Å². The van der Waals surface area contributed by atoms with E-state index in [-0.39, 0.29) is 5.54 Å². The van der Waals surface area contributed by atoms with Crippen molar-refractivity contribution in [2.24, 2.45) is 5.73 Å². The van der Waals surface area contributed by atoms with E-state index in [0.29, 0.717) is 0 Å². The summed E-state index contributed by atoms with van der Waals surface area (Å²) in [6.07, 6.45) is 9.34. The minimum Gasteiger partial charge on any atom is -0.346 e. The number of hydrogen-bond donors (Lipinski definition) is 2. The highest BCUT2D eigenvalue weighted by atomic mass is 14.9. The molecular weight excluding hydrogens is 198 g/mol. The predicted molar refractivity (Wildman–Crippen MR) is 66.4 cm³/mol. The number of aromatic nitrogens is 2. The van der Waals surface area contributed by atoms with Crippen LogP contribution in [0.4, 0.5) is 0 Å². The van der Waals surface area contributed by atoms with Crippen LogP contribution in [-0.4, -0.2) is 15.5 Å². The smallest absolute Gasteiger partial charge is 0.106 e. The van der Waals surface area contributed by atoms with Crippen molar-refractivity contribution in [3.8, 4) is 0 Å². The lowest BCUT2D eigenvalue weighted by Crippen LogP contribution is -2.32. The summed E-state index contributed by atoms with van der Waals surface area (Å²) >= 11 is 0. The first-order valence-electron chi connectivity index (χ1n) is 6.37. The molecule has 1 aliphatic rings. The highest BCUT2D eigenvalue weighted by Gasteiger charge is 2.19. The first-order chi connectivity index (χ1) is 7.54. The molecule has 90 valence electrons. The SMILES string of the molecule is CC(C)(N)CCc1ncc(C2CCCC2)[nH]1. The van der Waals surface area contributed by atoms with Gasteiger partial charge in [-0.05, 0) is 33.1 Å². The summed E-state index contributed by atoms with van der Waals surface area (Å²) < 4.78 is 0. The third kappa shape index (κ3) is 3.08. The molecule has 3 N–H and O–H groups in total. The second-order valence-corrected chi connectivity index (χ2v) is 5.76. The molecule has 0 radical (unpaired) electrons. The zero-order chi connectivity index (χ0) is 11.6. The molecule has 1 heterocycles. The Labute approximate surface area is 97.8 Å². The van der Waals surface area contributed by atoms with Crippen LogP contribution in [0.25, 0.3) is 0 Å². The first-order valence-corrected chi connectivity index (χ1v) is 6.37. The van der Waals surface area contributed by atoms with Crippen molar-refractivity contribution in [2.75, 3.05) is 0 Å². The molecule has 0 bridgehead atoms. The number of imidazole rings is 1.